The minimum absolute atomic E-state index is 0.0357. The first-order chi connectivity index (χ1) is 16.9. The van der Waals surface area contributed by atoms with Gasteiger partial charge in [0.25, 0.3) is 11.7 Å². The average Bonchev–Trinajstić information content (AvgIpc) is 3.10. The molecule has 0 radical (unpaired) electrons. The molecule has 1 amide bonds. The Morgan fingerprint density at radius 1 is 1.00 bits per heavy atom. The number of aliphatic hydroxyl groups excluding tert-OH is 1. The number of carbonyl (C=O) groups is 2. The first-order valence-corrected chi connectivity index (χ1v) is 13.2. The normalized spacial score (nSPS) is 17.5. The van der Waals surface area contributed by atoms with E-state index >= 15 is 0 Å². The summed E-state index contributed by atoms with van der Waals surface area (Å²) in [6.45, 7) is 7.64. The maximum Gasteiger partial charge on any atom is 0.295 e. The van der Waals surface area contributed by atoms with Crippen LogP contribution in [0.2, 0.25) is 0 Å². The van der Waals surface area contributed by atoms with Crippen molar-refractivity contribution >= 4 is 33.4 Å². The topological polar surface area (TPSA) is 60.9 Å². The molecule has 2 aromatic rings. The number of ketones is 1. The van der Waals surface area contributed by atoms with Gasteiger partial charge in [0.2, 0.25) is 0 Å². The fourth-order valence-corrected chi connectivity index (χ4v) is 4.88. The predicted octanol–water partition coefficient (Wildman–Crippen LogP) is 6.30. The summed E-state index contributed by atoms with van der Waals surface area (Å²) < 4.78 is 14.3. The van der Waals surface area contributed by atoms with Crippen LogP contribution in [0, 0.1) is 5.82 Å². The Bertz CT molecular complexity index is 1050. The van der Waals surface area contributed by atoms with E-state index < -0.39 is 23.5 Å². The summed E-state index contributed by atoms with van der Waals surface area (Å²) in [6.07, 6.45) is 5.24. The van der Waals surface area contributed by atoms with Crippen LogP contribution in [0.1, 0.15) is 63.1 Å². The maximum atomic E-state index is 13.4. The van der Waals surface area contributed by atoms with Crippen LogP contribution >= 0.6 is 15.9 Å². The maximum absolute atomic E-state index is 13.4. The van der Waals surface area contributed by atoms with Crippen LogP contribution in [-0.4, -0.2) is 52.8 Å². The van der Waals surface area contributed by atoms with Crippen molar-refractivity contribution in [3.8, 4) is 0 Å². The molecule has 5 nitrogen and oxygen atoms in total. The van der Waals surface area contributed by atoms with Crippen molar-refractivity contribution in [2.45, 2.75) is 52.0 Å². The van der Waals surface area contributed by atoms with Crippen molar-refractivity contribution in [2.24, 2.45) is 0 Å². The molecular weight excluding hydrogens is 511 g/mol. The standard InChI is InChI=1S/C28H34BrFN2O3/c1-3-5-15-31(16-6-4-2)17-8-18-32-25(21-9-7-10-22(29)19-21)24(27(34)28(32)35)26(33)20-11-13-23(30)14-12-20/h7,9-14,19,25,33H,3-6,8,15-18H2,1-2H3/t25-/m1/s1. The fraction of sp³-hybridized carbons (Fsp3) is 0.429. The number of likely N-dealkylation sites (tertiary alicyclic amines) is 1. The molecular formula is C28H34BrFN2O3. The number of hydrogen-bond acceptors (Lipinski definition) is 4. The fourth-order valence-electron chi connectivity index (χ4n) is 4.46. The van der Waals surface area contributed by atoms with Gasteiger partial charge in [0.15, 0.2) is 0 Å². The third-order valence-electron chi connectivity index (χ3n) is 6.35. The van der Waals surface area contributed by atoms with Gasteiger partial charge >= 0.3 is 0 Å². The van der Waals surface area contributed by atoms with Gasteiger partial charge in [-0.15, -0.1) is 0 Å². The molecule has 1 atom stereocenters. The molecule has 0 unspecified atom stereocenters. The lowest BCUT2D eigenvalue weighted by Crippen LogP contribution is -2.34. The molecule has 1 aliphatic heterocycles. The molecule has 7 heteroatoms. The molecule has 1 fully saturated rings. The summed E-state index contributed by atoms with van der Waals surface area (Å²) >= 11 is 3.47. The number of aliphatic hydroxyl groups is 1. The van der Waals surface area contributed by atoms with Crippen LogP contribution in [0.4, 0.5) is 4.39 Å². The highest BCUT2D eigenvalue weighted by atomic mass is 79.9. The Labute approximate surface area is 215 Å². The summed E-state index contributed by atoms with van der Waals surface area (Å²) in [7, 11) is 0. The van der Waals surface area contributed by atoms with Crippen molar-refractivity contribution in [3.63, 3.8) is 0 Å². The molecule has 1 N–H and O–H groups in total. The lowest BCUT2D eigenvalue weighted by atomic mass is 9.95. The van der Waals surface area contributed by atoms with E-state index in [1.165, 1.54) is 24.3 Å². The van der Waals surface area contributed by atoms with Crippen LogP contribution in [0.5, 0.6) is 0 Å². The van der Waals surface area contributed by atoms with Gasteiger partial charge in [-0.05, 0) is 80.9 Å². The summed E-state index contributed by atoms with van der Waals surface area (Å²) in [5.41, 5.74) is 1.07. The van der Waals surface area contributed by atoms with Gasteiger partial charge in [0, 0.05) is 16.6 Å². The zero-order chi connectivity index (χ0) is 25.4. The van der Waals surface area contributed by atoms with Crippen LogP contribution < -0.4 is 0 Å². The van der Waals surface area contributed by atoms with Gasteiger partial charge in [-0.3, -0.25) is 9.59 Å². The van der Waals surface area contributed by atoms with E-state index in [2.05, 4.69) is 34.7 Å². The first-order valence-electron chi connectivity index (χ1n) is 12.4. The monoisotopic (exact) mass is 544 g/mol. The summed E-state index contributed by atoms with van der Waals surface area (Å²) in [4.78, 5) is 30.3. The minimum atomic E-state index is -0.717. The van der Waals surface area contributed by atoms with Gasteiger partial charge in [0.05, 0.1) is 11.6 Å². The van der Waals surface area contributed by atoms with Crippen molar-refractivity contribution in [3.05, 3.63) is 75.5 Å². The third-order valence-corrected chi connectivity index (χ3v) is 6.84. The number of carbonyl (C=O) groups excluding carboxylic acids is 2. The molecule has 1 saturated heterocycles. The van der Waals surface area contributed by atoms with Gasteiger partial charge in [-0.25, -0.2) is 4.39 Å². The Morgan fingerprint density at radius 3 is 2.23 bits per heavy atom. The van der Waals surface area contributed by atoms with E-state index in [1.807, 2.05) is 24.3 Å². The highest BCUT2D eigenvalue weighted by Crippen LogP contribution is 2.40. The number of Topliss-reactive ketones (excluding diaryl/α,β-unsaturated/α-hetero) is 1. The Hall–Kier alpha value is -2.51. The number of benzene rings is 2. The van der Waals surface area contributed by atoms with Crippen LogP contribution in [-0.2, 0) is 9.59 Å². The highest BCUT2D eigenvalue weighted by Gasteiger charge is 2.45. The predicted molar refractivity (Wildman–Crippen MR) is 140 cm³/mol. The van der Waals surface area contributed by atoms with Crippen LogP contribution in [0.3, 0.4) is 0 Å². The van der Waals surface area contributed by atoms with Crippen LogP contribution in [0.15, 0.2) is 58.6 Å². The number of amides is 1. The Balaban J connectivity index is 1.91. The number of halogens is 2. The number of nitrogens with zero attached hydrogens (tertiary/aromatic N) is 2. The van der Waals surface area contributed by atoms with E-state index in [4.69, 9.17) is 0 Å². The molecule has 3 rings (SSSR count). The number of hydrogen-bond donors (Lipinski definition) is 1. The smallest absolute Gasteiger partial charge is 0.295 e. The minimum Gasteiger partial charge on any atom is -0.507 e. The number of unbranched alkanes of at least 4 members (excludes halogenated alkanes) is 2. The zero-order valence-electron chi connectivity index (χ0n) is 20.5. The average molecular weight is 545 g/mol. The molecule has 0 aromatic heterocycles. The third kappa shape index (κ3) is 6.79. The van der Waals surface area contributed by atoms with E-state index in [9.17, 15) is 19.1 Å². The first kappa shape index (κ1) is 27.1. The highest BCUT2D eigenvalue weighted by molar-refractivity contribution is 9.10. The lowest BCUT2D eigenvalue weighted by molar-refractivity contribution is -0.140. The molecule has 0 spiro atoms. The number of rotatable bonds is 12. The zero-order valence-corrected chi connectivity index (χ0v) is 22.1. The molecule has 0 bridgehead atoms. The molecule has 1 heterocycles. The van der Waals surface area contributed by atoms with Gasteiger partial charge in [0.1, 0.15) is 11.6 Å². The lowest BCUT2D eigenvalue weighted by Gasteiger charge is -2.27. The van der Waals surface area contributed by atoms with Gasteiger partial charge in [-0.2, -0.15) is 0 Å². The second kappa shape index (κ2) is 13.0. The molecule has 35 heavy (non-hydrogen) atoms. The van der Waals surface area contributed by atoms with Gasteiger partial charge in [-0.1, -0.05) is 54.8 Å². The van der Waals surface area contributed by atoms with E-state index in [-0.39, 0.29) is 11.3 Å². The van der Waals surface area contributed by atoms with E-state index in [0.29, 0.717) is 12.1 Å². The second-order valence-electron chi connectivity index (χ2n) is 8.96. The molecule has 1 aliphatic rings. The van der Waals surface area contributed by atoms with Crippen molar-refractivity contribution in [2.75, 3.05) is 26.2 Å². The van der Waals surface area contributed by atoms with E-state index in [1.54, 1.807) is 4.90 Å². The summed E-state index contributed by atoms with van der Waals surface area (Å²) in [6, 6.07) is 12.0. The van der Waals surface area contributed by atoms with Crippen molar-refractivity contribution in [1.29, 1.82) is 0 Å². The molecule has 188 valence electrons. The quantitative estimate of drug-likeness (QED) is 0.193. The molecule has 0 saturated carbocycles. The van der Waals surface area contributed by atoms with Crippen molar-refractivity contribution < 1.29 is 19.1 Å². The molecule has 0 aliphatic carbocycles. The van der Waals surface area contributed by atoms with E-state index in [0.717, 1.165) is 61.8 Å². The Morgan fingerprint density at radius 2 is 1.63 bits per heavy atom. The van der Waals surface area contributed by atoms with Crippen LogP contribution in [0.25, 0.3) is 5.76 Å². The summed E-state index contributed by atoms with van der Waals surface area (Å²) in [5.74, 6) is -2.07. The SMILES string of the molecule is CCCCN(CCCC)CCCN1C(=O)C(=O)C(=C(O)c2ccc(F)cc2)[C@H]1c1cccc(Br)c1. The summed E-state index contributed by atoms with van der Waals surface area (Å²) in [5, 5.41) is 11.1. The van der Waals surface area contributed by atoms with Gasteiger partial charge < -0.3 is 14.9 Å². The second-order valence-corrected chi connectivity index (χ2v) is 9.87. The largest absolute Gasteiger partial charge is 0.507 e. The van der Waals surface area contributed by atoms with Crippen molar-refractivity contribution in [1.82, 2.24) is 9.80 Å². The molecule has 2 aromatic carbocycles. The Kier molecular flexibility index (Phi) is 10.0.